The molecule has 1 aliphatic carbocycles. The maximum absolute atomic E-state index is 13.9. The zero-order chi connectivity index (χ0) is 13.3. The summed E-state index contributed by atoms with van der Waals surface area (Å²) >= 11 is 8.90. The molecule has 2 rings (SSSR count). The van der Waals surface area contributed by atoms with Crippen molar-refractivity contribution >= 4 is 33.3 Å². The molecule has 1 aliphatic rings. The van der Waals surface area contributed by atoms with E-state index < -0.39 is 11.4 Å². The second-order valence-electron chi connectivity index (χ2n) is 4.56. The third-order valence-electron chi connectivity index (χ3n) is 3.52. The van der Waals surface area contributed by atoms with Crippen molar-refractivity contribution in [2.75, 3.05) is 7.11 Å². The maximum Gasteiger partial charge on any atom is 0.168 e. The number of Topliss-reactive ketones (excluding diaryl/α,β-unsaturated/α-hetero) is 1. The fourth-order valence-corrected chi connectivity index (χ4v) is 2.62. The van der Waals surface area contributed by atoms with Crippen molar-refractivity contribution in [3.63, 3.8) is 0 Å². The number of carbonyl (C=O) groups excluding carboxylic acids is 1. The van der Waals surface area contributed by atoms with Crippen LogP contribution in [0.15, 0.2) is 16.6 Å². The number of hydrogen-bond donors (Lipinski definition) is 0. The van der Waals surface area contributed by atoms with Gasteiger partial charge in [0.2, 0.25) is 0 Å². The molecule has 2 nitrogen and oxygen atoms in total. The maximum atomic E-state index is 13.9. The Bertz CT molecular complexity index is 481. The van der Waals surface area contributed by atoms with E-state index in [0.717, 1.165) is 19.3 Å². The SMILES string of the molecule is COC1(CC(=O)c2ccc(Br)c(Cl)c2F)CCC1. The zero-order valence-corrected chi connectivity index (χ0v) is 12.3. The van der Waals surface area contributed by atoms with Crippen LogP contribution in [-0.4, -0.2) is 18.5 Å². The van der Waals surface area contributed by atoms with Gasteiger partial charge < -0.3 is 4.74 Å². The summed E-state index contributed by atoms with van der Waals surface area (Å²) in [6.07, 6.45) is 2.95. The first-order chi connectivity index (χ1) is 8.49. The van der Waals surface area contributed by atoms with Gasteiger partial charge in [0.1, 0.15) is 0 Å². The van der Waals surface area contributed by atoms with Crippen LogP contribution in [0.2, 0.25) is 5.02 Å². The van der Waals surface area contributed by atoms with Crippen molar-refractivity contribution in [1.82, 2.24) is 0 Å². The number of benzene rings is 1. The summed E-state index contributed by atoms with van der Waals surface area (Å²) in [4.78, 5) is 12.1. The molecule has 0 aromatic heterocycles. The molecular weight excluding hydrogens is 322 g/mol. The van der Waals surface area contributed by atoms with Gasteiger partial charge in [0.15, 0.2) is 11.6 Å². The van der Waals surface area contributed by atoms with E-state index >= 15 is 0 Å². The Morgan fingerprint density at radius 1 is 1.56 bits per heavy atom. The minimum atomic E-state index is -0.665. The summed E-state index contributed by atoms with van der Waals surface area (Å²) in [5.41, 5.74) is -0.366. The van der Waals surface area contributed by atoms with Crippen LogP contribution >= 0.6 is 27.5 Å². The molecule has 0 atom stereocenters. The molecule has 0 unspecified atom stereocenters. The molecule has 1 aromatic carbocycles. The Kier molecular flexibility index (Phi) is 4.09. The molecular formula is C13H13BrClFO2. The van der Waals surface area contributed by atoms with Gasteiger partial charge in [-0.3, -0.25) is 4.79 Å². The predicted molar refractivity (Wildman–Crippen MR) is 71.6 cm³/mol. The van der Waals surface area contributed by atoms with Gasteiger partial charge in [-0.1, -0.05) is 11.6 Å². The second-order valence-corrected chi connectivity index (χ2v) is 5.80. The smallest absolute Gasteiger partial charge is 0.168 e. The van der Waals surface area contributed by atoms with Crippen molar-refractivity contribution in [2.45, 2.75) is 31.3 Å². The monoisotopic (exact) mass is 334 g/mol. The molecule has 0 spiro atoms. The highest BCUT2D eigenvalue weighted by atomic mass is 79.9. The zero-order valence-electron chi connectivity index (χ0n) is 9.93. The number of ketones is 1. The molecule has 0 radical (unpaired) electrons. The highest BCUT2D eigenvalue weighted by Crippen LogP contribution is 2.39. The lowest BCUT2D eigenvalue weighted by Gasteiger charge is -2.40. The summed E-state index contributed by atoms with van der Waals surface area (Å²) in [6, 6.07) is 3.04. The van der Waals surface area contributed by atoms with E-state index in [1.165, 1.54) is 6.07 Å². The third kappa shape index (κ3) is 2.46. The van der Waals surface area contributed by atoms with E-state index in [2.05, 4.69) is 15.9 Å². The van der Waals surface area contributed by atoms with Gasteiger partial charge in [0.25, 0.3) is 0 Å². The third-order valence-corrected chi connectivity index (χ3v) is 4.77. The largest absolute Gasteiger partial charge is 0.378 e. The molecule has 0 N–H and O–H groups in total. The molecule has 0 amide bonds. The van der Waals surface area contributed by atoms with Crippen LogP contribution in [0.1, 0.15) is 36.0 Å². The first-order valence-corrected chi connectivity index (χ1v) is 6.88. The lowest BCUT2D eigenvalue weighted by atomic mass is 9.76. The molecule has 1 aromatic rings. The topological polar surface area (TPSA) is 26.3 Å². The van der Waals surface area contributed by atoms with E-state index in [9.17, 15) is 9.18 Å². The van der Waals surface area contributed by atoms with Crippen molar-refractivity contribution in [1.29, 1.82) is 0 Å². The van der Waals surface area contributed by atoms with Gasteiger partial charge in [-0.25, -0.2) is 4.39 Å². The minimum absolute atomic E-state index is 0.0338. The van der Waals surface area contributed by atoms with Crippen LogP contribution in [0.5, 0.6) is 0 Å². The van der Waals surface area contributed by atoms with Gasteiger partial charge in [-0.15, -0.1) is 0 Å². The molecule has 1 fully saturated rings. The normalized spacial score (nSPS) is 17.3. The van der Waals surface area contributed by atoms with Crippen LogP contribution in [0.25, 0.3) is 0 Å². The number of ether oxygens (including phenoxy) is 1. The molecule has 5 heteroatoms. The molecule has 98 valence electrons. The van der Waals surface area contributed by atoms with Gasteiger partial charge in [-0.05, 0) is 47.3 Å². The number of halogens is 3. The van der Waals surface area contributed by atoms with Crippen molar-refractivity contribution in [3.8, 4) is 0 Å². The minimum Gasteiger partial charge on any atom is -0.378 e. The summed E-state index contributed by atoms with van der Waals surface area (Å²) in [5.74, 6) is -0.926. The Labute approximate surface area is 119 Å². The van der Waals surface area contributed by atoms with Crippen molar-refractivity contribution < 1.29 is 13.9 Å². The highest BCUT2D eigenvalue weighted by molar-refractivity contribution is 9.10. The van der Waals surface area contributed by atoms with Gasteiger partial charge in [-0.2, -0.15) is 0 Å². The number of methoxy groups -OCH3 is 1. The van der Waals surface area contributed by atoms with E-state index in [4.69, 9.17) is 16.3 Å². The Morgan fingerprint density at radius 3 is 2.72 bits per heavy atom. The van der Waals surface area contributed by atoms with Crippen LogP contribution in [0, 0.1) is 5.82 Å². The first kappa shape index (κ1) is 14.0. The molecule has 18 heavy (non-hydrogen) atoms. The van der Waals surface area contributed by atoms with E-state index in [1.807, 2.05) is 0 Å². The summed E-state index contributed by atoms with van der Waals surface area (Å²) in [5, 5.41) is -0.0547. The predicted octanol–water partition coefficient (Wildman–Crippen LogP) is 4.38. The molecule has 0 bridgehead atoms. The lowest BCUT2D eigenvalue weighted by molar-refractivity contribution is -0.0705. The Hall–Kier alpha value is -0.450. The fraction of sp³-hybridized carbons (Fsp3) is 0.462. The van der Waals surface area contributed by atoms with Gasteiger partial charge >= 0.3 is 0 Å². The van der Waals surface area contributed by atoms with Crippen LogP contribution in [0.4, 0.5) is 4.39 Å². The number of rotatable bonds is 4. The Morgan fingerprint density at radius 2 is 2.22 bits per heavy atom. The average Bonchev–Trinajstić information content (AvgIpc) is 2.31. The van der Waals surface area contributed by atoms with E-state index in [1.54, 1.807) is 13.2 Å². The fourth-order valence-electron chi connectivity index (χ4n) is 2.15. The van der Waals surface area contributed by atoms with E-state index in [0.29, 0.717) is 4.47 Å². The van der Waals surface area contributed by atoms with Crippen molar-refractivity contribution in [2.24, 2.45) is 0 Å². The lowest BCUT2D eigenvalue weighted by Crippen LogP contribution is -2.41. The molecule has 0 heterocycles. The number of hydrogen-bond acceptors (Lipinski definition) is 2. The van der Waals surface area contributed by atoms with Crippen LogP contribution in [0.3, 0.4) is 0 Å². The first-order valence-electron chi connectivity index (χ1n) is 5.71. The van der Waals surface area contributed by atoms with Crippen molar-refractivity contribution in [3.05, 3.63) is 33.0 Å². The summed E-state index contributed by atoms with van der Waals surface area (Å²) < 4.78 is 19.7. The Balaban J connectivity index is 2.22. The van der Waals surface area contributed by atoms with Crippen LogP contribution in [-0.2, 0) is 4.74 Å². The molecule has 1 saturated carbocycles. The quantitative estimate of drug-likeness (QED) is 0.603. The van der Waals surface area contributed by atoms with E-state index in [-0.39, 0.29) is 22.8 Å². The van der Waals surface area contributed by atoms with Gasteiger partial charge in [0, 0.05) is 18.0 Å². The van der Waals surface area contributed by atoms with Crippen LogP contribution < -0.4 is 0 Å². The second kappa shape index (κ2) is 5.27. The molecule has 0 saturated heterocycles. The highest BCUT2D eigenvalue weighted by Gasteiger charge is 2.39. The molecule has 0 aliphatic heterocycles. The van der Waals surface area contributed by atoms with Gasteiger partial charge in [0.05, 0.1) is 16.2 Å². The average molecular weight is 336 g/mol. The number of carbonyl (C=O) groups is 1. The standard InChI is InChI=1S/C13H13BrClFO2/c1-18-13(5-2-6-13)7-10(17)8-3-4-9(14)11(15)12(8)16/h3-4H,2,5-7H2,1H3. The summed E-state index contributed by atoms with van der Waals surface area (Å²) in [6.45, 7) is 0. The summed E-state index contributed by atoms with van der Waals surface area (Å²) in [7, 11) is 1.59.